The number of aromatic nitrogens is 2. The van der Waals surface area contributed by atoms with Crippen LogP contribution in [0.2, 0.25) is 0 Å². The van der Waals surface area contributed by atoms with Crippen LogP contribution in [0.15, 0.2) is 71.5 Å². The van der Waals surface area contributed by atoms with Crippen LogP contribution >= 0.6 is 28.1 Å². The number of rotatable bonds is 6. The Kier molecular flexibility index (Phi) is 5.99. The summed E-state index contributed by atoms with van der Waals surface area (Å²) < 4.78 is 3.30. The van der Waals surface area contributed by atoms with E-state index in [0.29, 0.717) is 0 Å². The summed E-state index contributed by atoms with van der Waals surface area (Å²) in [5.41, 5.74) is 3.29. The third kappa shape index (κ3) is 4.22. The number of hydrogen-bond acceptors (Lipinski definition) is 3. The lowest BCUT2D eigenvalue weighted by Gasteiger charge is -2.29. The zero-order valence-electron chi connectivity index (χ0n) is 16.5. The lowest BCUT2D eigenvalue weighted by atomic mass is 10.0. The normalized spacial score (nSPS) is 19.0. The molecule has 1 fully saturated rings. The van der Waals surface area contributed by atoms with E-state index in [9.17, 15) is 0 Å². The van der Waals surface area contributed by atoms with E-state index in [-0.39, 0.29) is 12.1 Å². The lowest BCUT2D eigenvalue weighted by Crippen LogP contribution is -2.36. The minimum atomic E-state index is -0.00772. The van der Waals surface area contributed by atoms with Gasteiger partial charge in [0, 0.05) is 41.3 Å². The molecule has 7 heteroatoms. The van der Waals surface area contributed by atoms with E-state index >= 15 is 0 Å². The highest BCUT2D eigenvalue weighted by Crippen LogP contribution is 2.39. The van der Waals surface area contributed by atoms with Crippen LogP contribution in [0.3, 0.4) is 0 Å². The van der Waals surface area contributed by atoms with Gasteiger partial charge in [-0.2, -0.15) is 0 Å². The molecule has 1 aromatic carbocycles. The molecule has 1 aliphatic rings. The van der Waals surface area contributed by atoms with Crippen LogP contribution in [0.1, 0.15) is 23.5 Å². The fourth-order valence-electron chi connectivity index (χ4n) is 3.77. The number of benzene rings is 1. The van der Waals surface area contributed by atoms with Crippen molar-refractivity contribution in [3.05, 3.63) is 82.9 Å². The maximum Gasteiger partial charge on any atom is 0.170 e. The molecule has 0 unspecified atom stereocenters. The SMILES string of the molecule is CN(C)CCN1C(=S)N[C@H](c2ccccn2)[C@H]1c1cccn1-c1cccc(Br)c1. The average molecular weight is 470 g/mol. The summed E-state index contributed by atoms with van der Waals surface area (Å²) in [5.74, 6) is 0. The molecular formula is C22H24BrN5S. The van der Waals surface area contributed by atoms with Crippen molar-refractivity contribution in [2.24, 2.45) is 0 Å². The molecule has 1 N–H and O–H groups in total. The Bertz CT molecular complexity index is 988. The number of likely N-dealkylation sites (N-methyl/N-ethyl adjacent to an activating group) is 1. The Morgan fingerprint density at radius 3 is 2.72 bits per heavy atom. The first-order chi connectivity index (χ1) is 14.0. The highest BCUT2D eigenvalue weighted by molar-refractivity contribution is 9.10. The van der Waals surface area contributed by atoms with E-state index in [1.807, 2.05) is 24.4 Å². The smallest absolute Gasteiger partial charge is 0.170 e. The molecule has 0 aliphatic carbocycles. The van der Waals surface area contributed by atoms with Crippen LogP contribution in [0.25, 0.3) is 5.69 Å². The predicted molar refractivity (Wildman–Crippen MR) is 124 cm³/mol. The van der Waals surface area contributed by atoms with Gasteiger partial charge < -0.3 is 19.7 Å². The molecule has 2 aromatic heterocycles. The highest BCUT2D eigenvalue weighted by atomic mass is 79.9. The highest BCUT2D eigenvalue weighted by Gasteiger charge is 2.41. The topological polar surface area (TPSA) is 36.3 Å². The monoisotopic (exact) mass is 469 g/mol. The number of halogens is 1. The van der Waals surface area contributed by atoms with Gasteiger partial charge in [-0.25, -0.2) is 0 Å². The summed E-state index contributed by atoms with van der Waals surface area (Å²) >= 11 is 9.35. The van der Waals surface area contributed by atoms with E-state index in [2.05, 4.69) is 97.3 Å². The van der Waals surface area contributed by atoms with Gasteiger partial charge in [0.15, 0.2) is 5.11 Å². The van der Waals surface area contributed by atoms with Crippen molar-refractivity contribution in [3.63, 3.8) is 0 Å². The van der Waals surface area contributed by atoms with Crippen molar-refractivity contribution in [2.75, 3.05) is 27.2 Å². The molecule has 1 aliphatic heterocycles. The first kappa shape index (κ1) is 20.1. The Hall–Kier alpha value is -2.22. The van der Waals surface area contributed by atoms with Crippen LogP contribution in [-0.4, -0.2) is 51.6 Å². The van der Waals surface area contributed by atoms with Crippen LogP contribution in [0, 0.1) is 0 Å². The minimum absolute atomic E-state index is 0.00772. The number of pyridine rings is 1. The molecule has 3 heterocycles. The maximum absolute atomic E-state index is 5.75. The van der Waals surface area contributed by atoms with Crippen molar-refractivity contribution < 1.29 is 0 Å². The number of hydrogen-bond donors (Lipinski definition) is 1. The summed E-state index contributed by atoms with van der Waals surface area (Å²) in [6.07, 6.45) is 3.95. The summed E-state index contributed by atoms with van der Waals surface area (Å²) in [6.45, 7) is 1.77. The standard InChI is InChI=1S/C22H24BrN5S/c1-26(2)13-14-28-21(20(25-22(28)29)18-9-3-4-11-24-18)19-10-6-12-27(19)17-8-5-7-16(23)15-17/h3-12,15,20-21H,13-14H2,1-2H3,(H,25,29)/t20-,21-/m1/s1. The van der Waals surface area contributed by atoms with Gasteiger partial charge in [0.2, 0.25) is 0 Å². The second-order valence-electron chi connectivity index (χ2n) is 7.41. The zero-order chi connectivity index (χ0) is 20.4. The number of nitrogens with one attached hydrogen (secondary N) is 1. The molecule has 5 nitrogen and oxygen atoms in total. The van der Waals surface area contributed by atoms with E-state index in [0.717, 1.165) is 34.1 Å². The van der Waals surface area contributed by atoms with Gasteiger partial charge in [0.05, 0.1) is 17.8 Å². The van der Waals surface area contributed by atoms with Crippen molar-refractivity contribution in [1.29, 1.82) is 0 Å². The molecule has 0 spiro atoms. The Morgan fingerprint density at radius 2 is 2.00 bits per heavy atom. The molecular weight excluding hydrogens is 446 g/mol. The first-order valence-electron chi connectivity index (χ1n) is 9.60. The van der Waals surface area contributed by atoms with Gasteiger partial charge in [-0.1, -0.05) is 28.1 Å². The van der Waals surface area contributed by atoms with Crippen molar-refractivity contribution in [3.8, 4) is 5.69 Å². The summed E-state index contributed by atoms with van der Waals surface area (Å²) in [7, 11) is 4.17. The van der Waals surface area contributed by atoms with Gasteiger partial charge in [-0.05, 0) is 68.8 Å². The maximum atomic E-state index is 5.75. The van der Waals surface area contributed by atoms with Crippen LogP contribution < -0.4 is 5.32 Å². The van der Waals surface area contributed by atoms with Crippen LogP contribution in [0.4, 0.5) is 0 Å². The number of nitrogens with zero attached hydrogens (tertiary/aromatic N) is 4. The van der Waals surface area contributed by atoms with E-state index in [4.69, 9.17) is 12.2 Å². The second-order valence-corrected chi connectivity index (χ2v) is 8.71. The minimum Gasteiger partial charge on any atom is -0.352 e. The molecule has 1 saturated heterocycles. The van der Waals surface area contributed by atoms with Crippen molar-refractivity contribution >= 4 is 33.3 Å². The second kappa shape index (κ2) is 8.65. The van der Waals surface area contributed by atoms with E-state index in [1.54, 1.807) is 0 Å². The Labute approximate surface area is 185 Å². The first-order valence-corrected chi connectivity index (χ1v) is 10.8. The van der Waals surface area contributed by atoms with Crippen molar-refractivity contribution in [1.82, 2.24) is 24.7 Å². The van der Waals surface area contributed by atoms with Crippen LogP contribution in [0.5, 0.6) is 0 Å². The summed E-state index contributed by atoms with van der Waals surface area (Å²) in [5, 5.41) is 4.30. The third-order valence-electron chi connectivity index (χ3n) is 5.16. The predicted octanol–water partition coefficient (Wildman–Crippen LogP) is 4.17. The van der Waals surface area contributed by atoms with Gasteiger partial charge in [-0.3, -0.25) is 4.98 Å². The van der Waals surface area contributed by atoms with Gasteiger partial charge >= 0.3 is 0 Å². The zero-order valence-corrected chi connectivity index (χ0v) is 18.9. The van der Waals surface area contributed by atoms with Gasteiger partial charge in [-0.15, -0.1) is 0 Å². The molecule has 150 valence electrons. The largest absolute Gasteiger partial charge is 0.352 e. The quantitative estimate of drug-likeness (QED) is 0.548. The van der Waals surface area contributed by atoms with Gasteiger partial charge in [0.1, 0.15) is 0 Å². The fraction of sp³-hybridized carbons (Fsp3) is 0.273. The lowest BCUT2D eigenvalue weighted by molar-refractivity contribution is 0.272. The molecule has 4 rings (SSSR count). The number of thiocarbonyl (C=S) groups is 1. The average Bonchev–Trinajstić information content (AvgIpc) is 3.31. The third-order valence-corrected chi connectivity index (χ3v) is 6.00. The Morgan fingerprint density at radius 1 is 1.14 bits per heavy atom. The molecule has 2 atom stereocenters. The molecule has 0 bridgehead atoms. The van der Waals surface area contributed by atoms with Crippen LogP contribution in [-0.2, 0) is 0 Å². The Balaban J connectivity index is 1.78. The summed E-state index contributed by atoms with van der Waals surface area (Å²) in [6, 6.07) is 18.7. The van der Waals surface area contributed by atoms with E-state index < -0.39 is 0 Å². The molecule has 29 heavy (non-hydrogen) atoms. The molecule has 0 amide bonds. The van der Waals surface area contributed by atoms with Gasteiger partial charge in [0.25, 0.3) is 0 Å². The van der Waals surface area contributed by atoms with Crippen molar-refractivity contribution in [2.45, 2.75) is 12.1 Å². The molecule has 0 radical (unpaired) electrons. The molecule has 3 aromatic rings. The molecule has 0 saturated carbocycles. The van der Waals surface area contributed by atoms with E-state index in [1.165, 1.54) is 5.69 Å². The summed E-state index contributed by atoms with van der Waals surface area (Å²) in [4.78, 5) is 9.10. The fourth-order valence-corrected chi connectivity index (χ4v) is 4.49.